The number of likely N-dealkylation sites (tertiary alicyclic amines) is 1. The lowest BCUT2D eigenvalue weighted by Gasteiger charge is -2.38. The topological polar surface area (TPSA) is 58.7 Å². The summed E-state index contributed by atoms with van der Waals surface area (Å²) in [4.78, 5) is 2.61. The zero-order valence-corrected chi connectivity index (χ0v) is 10.7. The van der Waals surface area contributed by atoms with Gasteiger partial charge in [0.15, 0.2) is 0 Å². The normalized spacial score (nSPS) is 32.1. The molecule has 3 N–H and O–H groups in total. The summed E-state index contributed by atoms with van der Waals surface area (Å²) in [6.45, 7) is 3.73. The Morgan fingerprint density at radius 1 is 1.18 bits per heavy atom. The Morgan fingerprint density at radius 2 is 1.94 bits per heavy atom. The first-order chi connectivity index (χ1) is 8.35. The molecule has 1 aliphatic carbocycles. The van der Waals surface area contributed by atoms with E-state index >= 15 is 0 Å². The number of hydrogen-bond acceptors (Lipinski definition) is 4. The summed E-state index contributed by atoms with van der Waals surface area (Å²) < 4.78 is 5.59. The van der Waals surface area contributed by atoms with E-state index < -0.39 is 0 Å². The van der Waals surface area contributed by atoms with Crippen molar-refractivity contribution < 1.29 is 9.84 Å². The van der Waals surface area contributed by atoms with Crippen LogP contribution in [0.25, 0.3) is 0 Å². The molecule has 1 aliphatic heterocycles. The second-order valence-corrected chi connectivity index (χ2v) is 5.32. The van der Waals surface area contributed by atoms with E-state index in [9.17, 15) is 0 Å². The van der Waals surface area contributed by atoms with Crippen LogP contribution >= 0.6 is 0 Å². The lowest BCUT2D eigenvalue weighted by molar-refractivity contribution is -0.0181. The number of piperidine rings is 1. The minimum Gasteiger partial charge on any atom is -0.394 e. The third-order valence-corrected chi connectivity index (χ3v) is 4.31. The monoisotopic (exact) mass is 242 g/mol. The molecule has 0 aromatic heterocycles. The van der Waals surface area contributed by atoms with E-state index in [1.807, 2.05) is 0 Å². The summed E-state index contributed by atoms with van der Waals surface area (Å²) in [6, 6.07) is 0.721. The van der Waals surface area contributed by atoms with E-state index in [0.29, 0.717) is 18.6 Å². The summed E-state index contributed by atoms with van der Waals surface area (Å²) in [7, 11) is 0. The Kier molecular flexibility index (Phi) is 5.22. The first-order valence-corrected chi connectivity index (χ1v) is 7.01. The number of nitrogens with two attached hydrogens (primary N) is 1. The van der Waals surface area contributed by atoms with Gasteiger partial charge in [0.25, 0.3) is 0 Å². The van der Waals surface area contributed by atoms with Gasteiger partial charge in [-0.2, -0.15) is 0 Å². The Bertz CT molecular complexity index is 217. The van der Waals surface area contributed by atoms with Gasteiger partial charge in [-0.05, 0) is 38.1 Å². The van der Waals surface area contributed by atoms with Crippen LogP contribution in [0.4, 0.5) is 0 Å². The van der Waals surface area contributed by atoms with Gasteiger partial charge in [0.05, 0.1) is 19.3 Å². The van der Waals surface area contributed by atoms with Crippen molar-refractivity contribution in [3.63, 3.8) is 0 Å². The molecule has 1 saturated heterocycles. The number of aliphatic hydroxyl groups is 1. The Hall–Kier alpha value is -0.160. The summed E-state index contributed by atoms with van der Waals surface area (Å²) >= 11 is 0. The van der Waals surface area contributed by atoms with Crippen molar-refractivity contribution in [2.45, 2.75) is 44.2 Å². The first kappa shape index (κ1) is 13.3. The van der Waals surface area contributed by atoms with Gasteiger partial charge in [0.1, 0.15) is 0 Å². The first-order valence-electron chi connectivity index (χ1n) is 7.01. The molecule has 1 saturated carbocycles. The molecule has 2 unspecified atom stereocenters. The molecule has 100 valence electrons. The van der Waals surface area contributed by atoms with Gasteiger partial charge in [0, 0.05) is 19.1 Å². The fourth-order valence-electron chi connectivity index (χ4n) is 3.37. The smallest absolute Gasteiger partial charge is 0.0701 e. The van der Waals surface area contributed by atoms with Gasteiger partial charge < -0.3 is 15.6 Å². The highest BCUT2D eigenvalue weighted by Crippen LogP contribution is 2.31. The highest BCUT2D eigenvalue weighted by molar-refractivity contribution is 4.88. The maximum Gasteiger partial charge on any atom is 0.0701 e. The van der Waals surface area contributed by atoms with Gasteiger partial charge in [-0.3, -0.25) is 4.90 Å². The number of rotatable bonds is 5. The molecule has 0 bridgehead atoms. The highest BCUT2D eigenvalue weighted by Gasteiger charge is 2.33. The molecule has 2 atom stereocenters. The summed E-state index contributed by atoms with van der Waals surface area (Å²) in [5.74, 6) is 0.713. The molecule has 0 spiro atoms. The molecule has 0 radical (unpaired) electrons. The second-order valence-electron chi connectivity index (χ2n) is 5.32. The van der Waals surface area contributed by atoms with E-state index in [4.69, 9.17) is 15.6 Å². The third-order valence-electron chi connectivity index (χ3n) is 4.31. The second kappa shape index (κ2) is 6.69. The fourth-order valence-corrected chi connectivity index (χ4v) is 3.37. The predicted molar refractivity (Wildman–Crippen MR) is 67.8 cm³/mol. The average Bonchev–Trinajstić information content (AvgIpc) is 2.85. The van der Waals surface area contributed by atoms with Crippen molar-refractivity contribution in [2.75, 3.05) is 32.8 Å². The lowest BCUT2D eigenvalue weighted by Crippen LogP contribution is -2.46. The average molecular weight is 242 g/mol. The van der Waals surface area contributed by atoms with Gasteiger partial charge in [-0.1, -0.05) is 6.42 Å². The van der Waals surface area contributed by atoms with E-state index in [2.05, 4.69) is 4.90 Å². The molecule has 2 rings (SSSR count). The maximum absolute atomic E-state index is 8.74. The summed E-state index contributed by atoms with van der Waals surface area (Å²) in [5, 5.41) is 8.74. The van der Waals surface area contributed by atoms with Gasteiger partial charge in [-0.25, -0.2) is 0 Å². The van der Waals surface area contributed by atoms with Crippen LogP contribution in [-0.4, -0.2) is 55.0 Å². The van der Waals surface area contributed by atoms with Crippen molar-refractivity contribution in [3.8, 4) is 0 Å². The molecule has 4 nitrogen and oxygen atoms in total. The van der Waals surface area contributed by atoms with Crippen molar-refractivity contribution in [1.82, 2.24) is 4.90 Å². The van der Waals surface area contributed by atoms with E-state index in [-0.39, 0.29) is 6.61 Å². The molecule has 0 aromatic rings. The van der Waals surface area contributed by atoms with Crippen LogP contribution in [-0.2, 0) is 4.74 Å². The fraction of sp³-hybridized carbons (Fsp3) is 1.00. The van der Waals surface area contributed by atoms with Crippen LogP contribution in [0.5, 0.6) is 0 Å². The van der Waals surface area contributed by atoms with Crippen molar-refractivity contribution >= 4 is 0 Å². The quantitative estimate of drug-likeness (QED) is 0.741. The van der Waals surface area contributed by atoms with Crippen molar-refractivity contribution in [1.29, 1.82) is 0 Å². The van der Waals surface area contributed by atoms with Gasteiger partial charge >= 0.3 is 0 Å². The van der Waals surface area contributed by atoms with Gasteiger partial charge in [0.2, 0.25) is 0 Å². The van der Waals surface area contributed by atoms with Crippen LogP contribution in [0.15, 0.2) is 0 Å². The van der Waals surface area contributed by atoms with E-state index in [0.717, 1.165) is 38.5 Å². The van der Waals surface area contributed by atoms with Crippen molar-refractivity contribution in [2.24, 2.45) is 11.7 Å². The third kappa shape index (κ3) is 3.41. The number of aliphatic hydroxyl groups excluding tert-OH is 1. The van der Waals surface area contributed by atoms with Crippen LogP contribution in [0.1, 0.15) is 32.1 Å². The molecular formula is C13H26N2O2. The molecule has 0 amide bonds. The van der Waals surface area contributed by atoms with Crippen LogP contribution in [0, 0.1) is 5.92 Å². The molecular weight excluding hydrogens is 216 g/mol. The molecule has 2 fully saturated rings. The zero-order chi connectivity index (χ0) is 12.1. The molecule has 1 heterocycles. The Labute approximate surface area is 104 Å². The zero-order valence-electron chi connectivity index (χ0n) is 10.7. The van der Waals surface area contributed by atoms with E-state index in [1.165, 1.54) is 19.3 Å². The SMILES string of the molecule is NCC1CCCC1N1CCC(OCCO)CC1. The van der Waals surface area contributed by atoms with Crippen molar-refractivity contribution in [3.05, 3.63) is 0 Å². The Morgan fingerprint density at radius 3 is 2.59 bits per heavy atom. The maximum atomic E-state index is 8.74. The predicted octanol–water partition coefficient (Wildman–Crippen LogP) is 0.587. The minimum absolute atomic E-state index is 0.137. The van der Waals surface area contributed by atoms with Crippen LogP contribution < -0.4 is 5.73 Å². The molecule has 4 heteroatoms. The molecule has 2 aliphatic rings. The highest BCUT2D eigenvalue weighted by atomic mass is 16.5. The van der Waals surface area contributed by atoms with Gasteiger partial charge in [-0.15, -0.1) is 0 Å². The van der Waals surface area contributed by atoms with E-state index in [1.54, 1.807) is 0 Å². The number of hydrogen-bond donors (Lipinski definition) is 2. The van der Waals surface area contributed by atoms with Crippen LogP contribution in [0.3, 0.4) is 0 Å². The minimum atomic E-state index is 0.137. The number of ether oxygens (including phenoxy) is 1. The lowest BCUT2D eigenvalue weighted by atomic mass is 9.98. The largest absolute Gasteiger partial charge is 0.394 e. The molecule has 0 aromatic carbocycles. The van der Waals surface area contributed by atoms with Crippen LogP contribution in [0.2, 0.25) is 0 Å². The Balaban J connectivity index is 1.74. The summed E-state index contributed by atoms with van der Waals surface area (Å²) in [6.07, 6.45) is 6.54. The molecule has 17 heavy (non-hydrogen) atoms. The number of nitrogens with zero attached hydrogens (tertiary/aromatic N) is 1. The standard InChI is InChI=1S/C13H26N2O2/c14-10-11-2-1-3-13(11)15-6-4-12(5-7-15)17-9-8-16/h11-13,16H,1-10,14H2. The summed E-state index contributed by atoms with van der Waals surface area (Å²) in [5.41, 5.74) is 5.84.